The second kappa shape index (κ2) is 12.3. The van der Waals surface area contributed by atoms with Crippen LogP contribution in [0.15, 0.2) is 83.8 Å². The molecule has 0 aliphatic heterocycles. The van der Waals surface area contributed by atoms with Crippen molar-refractivity contribution in [1.82, 2.24) is 0 Å². The minimum atomic E-state index is -3.27. The lowest BCUT2D eigenvalue weighted by Crippen LogP contribution is -2.14. The van der Waals surface area contributed by atoms with E-state index < -0.39 is 9.84 Å². The van der Waals surface area contributed by atoms with Gasteiger partial charge in [-0.15, -0.1) is 0 Å². The maximum absolute atomic E-state index is 12.6. The van der Waals surface area contributed by atoms with Gasteiger partial charge in [-0.05, 0) is 53.9 Å². The van der Waals surface area contributed by atoms with Gasteiger partial charge in [0.2, 0.25) is 11.8 Å². The monoisotopic (exact) mass is 506 g/mol. The van der Waals surface area contributed by atoms with Crippen LogP contribution in [0.3, 0.4) is 0 Å². The third kappa shape index (κ3) is 7.13. The number of sulfone groups is 1. The number of methoxy groups -OCH3 is 1. The smallest absolute Gasteiger partial charge is 0.248 e. The van der Waals surface area contributed by atoms with Crippen LogP contribution < -0.4 is 10.6 Å². The molecule has 0 aliphatic carbocycles. The van der Waals surface area contributed by atoms with Crippen molar-refractivity contribution in [3.05, 3.63) is 90.0 Å². The highest BCUT2D eigenvalue weighted by Crippen LogP contribution is 2.32. The summed E-state index contributed by atoms with van der Waals surface area (Å²) in [6.45, 7) is 3.89. The SMILES string of the molecule is CCS(=O)(=O)c1ccc(CC(=O)Nc2ccc(-c3ccccc3NC(=O)/C=C/COC)c(C)c2)cc1. The highest BCUT2D eigenvalue weighted by atomic mass is 32.2. The number of hydrogen-bond acceptors (Lipinski definition) is 5. The molecule has 0 radical (unpaired) electrons. The molecule has 3 aromatic rings. The van der Waals surface area contributed by atoms with Crippen molar-refractivity contribution < 1.29 is 22.7 Å². The number of ether oxygens (including phenoxy) is 1. The minimum Gasteiger partial charge on any atom is -0.381 e. The van der Waals surface area contributed by atoms with Gasteiger partial charge in [0.1, 0.15) is 0 Å². The Morgan fingerprint density at radius 2 is 1.67 bits per heavy atom. The molecule has 2 N–H and O–H groups in total. The predicted octanol–water partition coefficient (Wildman–Crippen LogP) is 4.78. The van der Waals surface area contributed by atoms with Gasteiger partial charge >= 0.3 is 0 Å². The molecule has 0 bridgehead atoms. The number of nitrogens with one attached hydrogen (secondary N) is 2. The van der Waals surface area contributed by atoms with Crippen LogP contribution in [0.4, 0.5) is 11.4 Å². The van der Waals surface area contributed by atoms with Crippen LogP contribution in [0.25, 0.3) is 11.1 Å². The van der Waals surface area contributed by atoms with Crippen LogP contribution in [0, 0.1) is 6.92 Å². The van der Waals surface area contributed by atoms with Gasteiger partial charge in [-0.1, -0.05) is 49.4 Å². The number of rotatable bonds is 10. The molecule has 0 heterocycles. The quantitative estimate of drug-likeness (QED) is 0.386. The molecule has 0 unspecified atom stereocenters. The fourth-order valence-corrected chi connectivity index (χ4v) is 4.55. The average molecular weight is 507 g/mol. The second-order valence-electron chi connectivity index (χ2n) is 8.19. The molecule has 8 heteroatoms. The van der Waals surface area contributed by atoms with Crippen molar-refractivity contribution >= 4 is 33.0 Å². The largest absolute Gasteiger partial charge is 0.381 e. The highest BCUT2D eigenvalue weighted by Gasteiger charge is 2.13. The fourth-order valence-electron chi connectivity index (χ4n) is 3.67. The van der Waals surface area contributed by atoms with E-state index in [9.17, 15) is 18.0 Å². The number of anilines is 2. The Kier molecular flexibility index (Phi) is 9.16. The molecule has 0 spiro atoms. The van der Waals surface area contributed by atoms with Crippen molar-refractivity contribution in [1.29, 1.82) is 0 Å². The summed E-state index contributed by atoms with van der Waals surface area (Å²) in [5.41, 5.74) is 4.77. The summed E-state index contributed by atoms with van der Waals surface area (Å²) >= 11 is 0. The number of hydrogen-bond donors (Lipinski definition) is 2. The standard InChI is InChI=1S/C28H30N2O5S/c1-4-36(33,34)23-14-11-21(12-15-23)19-28(32)29-22-13-16-24(20(2)18-22)25-8-5-6-9-26(25)30-27(31)10-7-17-35-3/h5-16,18H,4,17,19H2,1-3H3,(H,29,32)(H,30,31)/b10-7+. The minimum absolute atomic E-state index is 0.0322. The van der Waals surface area contributed by atoms with E-state index in [1.807, 2.05) is 49.4 Å². The summed E-state index contributed by atoms with van der Waals surface area (Å²) in [6, 6.07) is 19.5. The molecule has 3 aromatic carbocycles. The van der Waals surface area contributed by atoms with Crippen LogP contribution >= 0.6 is 0 Å². The summed E-state index contributed by atoms with van der Waals surface area (Å²) in [4.78, 5) is 25.1. The summed E-state index contributed by atoms with van der Waals surface area (Å²) < 4.78 is 28.8. The Morgan fingerprint density at radius 1 is 0.944 bits per heavy atom. The molecule has 0 fully saturated rings. The van der Waals surface area contributed by atoms with Gasteiger partial charge < -0.3 is 15.4 Å². The van der Waals surface area contributed by atoms with E-state index in [1.54, 1.807) is 32.2 Å². The van der Waals surface area contributed by atoms with E-state index in [0.29, 0.717) is 18.0 Å². The van der Waals surface area contributed by atoms with E-state index in [0.717, 1.165) is 22.3 Å². The maximum Gasteiger partial charge on any atom is 0.248 e. The lowest BCUT2D eigenvalue weighted by atomic mass is 9.98. The predicted molar refractivity (Wildman–Crippen MR) is 143 cm³/mol. The molecule has 2 amide bonds. The molecule has 0 saturated heterocycles. The molecule has 0 aliphatic rings. The zero-order valence-electron chi connectivity index (χ0n) is 20.6. The molecular weight excluding hydrogens is 476 g/mol. The third-order valence-electron chi connectivity index (χ3n) is 5.54. The maximum atomic E-state index is 12.6. The first kappa shape index (κ1) is 26.8. The van der Waals surface area contributed by atoms with Gasteiger partial charge in [-0.25, -0.2) is 8.42 Å². The molecule has 7 nitrogen and oxygen atoms in total. The number of carbonyl (C=O) groups is 2. The van der Waals surface area contributed by atoms with Gasteiger partial charge in [-0.3, -0.25) is 9.59 Å². The molecule has 188 valence electrons. The van der Waals surface area contributed by atoms with Gasteiger partial charge in [0, 0.05) is 30.1 Å². The van der Waals surface area contributed by atoms with Gasteiger partial charge in [0.25, 0.3) is 0 Å². The molecule has 3 rings (SSSR count). The Hall–Kier alpha value is -3.75. The van der Waals surface area contributed by atoms with Crippen LogP contribution in [-0.4, -0.2) is 39.7 Å². The van der Waals surface area contributed by atoms with Crippen LogP contribution in [0.1, 0.15) is 18.1 Å². The van der Waals surface area contributed by atoms with Crippen LogP contribution in [0.5, 0.6) is 0 Å². The Labute approximate surface area is 212 Å². The van der Waals surface area contributed by atoms with E-state index in [4.69, 9.17) is 4.74 Å². The van der Waals surface area contributed by atoms with Crippen molar-refractivity contribution in [2.24, 2.45) is 0 Å². The summed E-state index contributed by atoms with van der Waals surface area (Å²) in [5, 5.41) is 5.79. The van der Waals surface area contributed by atoms with Crippen molar-refractivity contribution in [3.8, 4) is 11.1 Å². The van der Waals surface area contributed by atoms with Gasteiger partial charge in [0.15, 0.2) is 9.84 Å². The normalized spacial score (nSPS) is 11.4. The van der Waals surface area contributed by atoms with E-state index >= 15 is 0 Å². The van der Waals surface area contributed by atoms with Crippen molar-refractivity contribution in [2.75, 3.05) is 30.1 Å². The summed E-state index contributed by atoms with van der Waals surface area (Å²) in [5.74, 6) is -0.421. The van der Waals surface area contributed by atoms with Crippen LogP contribution in [0.2, 0.25) is 0 Å². The number of aryl methyl sites for hydroxylation is 1. The lowest BCUT2D eigenvalue weighted by Gasteiger charge is -2.14. The molecular formula is C28H30N2O5S. The number of carbonyl (C=O) groups excluding carboxylic acids is 2. The summed E-state index contributed by atoms with van der Waals surface area (Å²) in [7, 11) is -1.71. The van der Waals surface area contributed by atoms with E-state index in [-0.39, 0.29) is 28.9 Å². The first-order valence-corrected chi connectivity index (χ1v) is 13.2. The van der Waals surface area contributed by atoms with E-state index in [1.165, 1.54) is 18.2 Å². The zero-order valence-corrected chi connectivity index (χ0v) is 21.4. The number of benzene rings is 3. The second-order valence-corrected chi connectivity index (χ2v) is 10.5. The topological polar surface area (TPSA) is 102 Å². The zero-order chi connectivity index (χ0) is 26.1. The fraction of sp³-hybridized carbons (Fsp3) is 0.214. The third-order valence-corrected chi connectivity index (χ3v) is 7.30. The van der Waals surface area contributed by atoms with Gasteiger partial charge in [-0.2, -0.15) is 0 Å². The number of para-hydroxylation sites is 1. The van der Waals surface area contributed by atoms with Crippen molar-refractivity contribution in [3.63, 3.8) is 0 Å². The Balaban J connectivity index is 1.70. The first-order chi connectivity index (χ1) is 17.2. The summed E-state index contributed by atoms with van der Waals surface area (Å²) in [6.07, 6.45) is 3.20. The first-order valence-electron chi connectivity index (χ1n) is 11.5. The van der Waals surface area contributed by atoms with Gasteiger partial charge in [0.05, 0.1) is 23.7 Å². The van der Waals surface area contributed by atoms with E-state index in [2.05, 4.69) is 10.6 Å². The Bertz CT molecular complexity index is 1360. The lowest BCUT2D eigenvalue weighted by molar-refractivity contribution is -0.115. The average Bonchev–Trinajstić information content (AvgIpc) is 2.85. The molecule has 0 atom stereocenters. The molecule has 0 saturated carbocycles. The highest BCUT2D eigenvalue weighted by molar-refractivity contribution is 7.91. The van der Waals surface area contributed by atoms with Crippen molar-refractivity contribution in [2.45, 2.75) is 25.2 Å². The van der Waals surface area contributed by atoms with Crippen LogP contribution in [-0.2, 0) is 30.6 Å². The Morgan fingerprint density at radius 3 is 2.33 bits per heavy atom. The molecule has 36 heavy (non-hydrogen) atoms. The number of amides is 2. The molecule has 0 aromatic heterocycles.